The monoisotopic (exact) mass is 510 g/mol. The first-order chi connectivity index (χ1) is 16.9. The third kappa shape index (κ3) is 4.94. The lowest BCUT2D eigenvalue weighted by Crippen LogP contribution is -2.50. The van der Waals surface area contributed by atoms with Crippen molar-refractivity contribution < 1.29 is 4.74 Å². The van der Waals surface area contributed by atoms with Gasteiger partial charge in [0, 0.05) is 66.6 Å². The van der Waals surface area contributed by atoms with Gasteiger partial charge in [0.1, 0.15) is 17.7 Å². The molecule has 35 heavy (non-hydrogen) atoms. The average molecular weight is 511 g/mol. The van der Waals surface area contributed by atoms with Crippen molar-refractivity contribution >= 4 is 40.4 Å². The second-order valence-corrected chi connectivity index (χ2v) is 9.90. The number of hydrogen-bond donors (Lipinski definition) is 2. The maximum atomic E-state index is 8.79. The largest absolute Gasteiger partial charge is 0.486 e. The van der Waals surface area contributed by atoms with E-state index in [9.17, 15) is 0 Å². The SMILES string of the molecule is C[C@@H](Oc1ccc(N)c(C(=N)c2ccc(N3CCN4CCC[C@@H]4C3)nc2)c1)c1c(Cl)cncc1Cl. The molecular weight excluding hydrogens is 483 g/mol. The van der Waals surface area contributed by atoms with E-state index in [1.54, 1.807) is 24.4 Å². The number of benzene rings is 1. The summed E-state index contributed by atoms with van der Waals surface area (Å²) in [6, 6.07) is 9.86. The highest BCUT2D eigenvalue weighted by molar-refractivity contribution is 6.35. The van der Waals surface area contributed by atoms with Crippen LogP contribution in [0.1, 0.15) is 42.6 Å². The molecule has 0 bridgehead atoms. The first kappa shape index (κ1) is 23.9. The Labute approximate surface area is 215 Å². The van der Waals surface area contributed by atoms with E-state index in [2.05, 4.69) is 19.8 Å². The van der Waals surface area contributed by atoms with Crippen LogP contribution in [-0.2, 0) is 0 Å². The van der Waals surface area contributed by atoms with E-state index in [0.29, 0.717) is 49.9 Å². The van der Waals surface area contributed by atoms with E-state index in [-0.39, 0.29) is 0 Å². The fraction of sp³-hybridized carbons (Fsp3) is 0.346. The number of anilines is 2. The van der Waals surface area contributed by atoms with Gasteiger partial charge in [-0.3, -0.25) is 15.3 Å². The first-order valence-electron chi connectivity index (χ1n) is 11.8. The molecule has 5 rings (SSSR count). The number of pyridine rings is 2. The third-order valence-corrected chi connectivity index (χ3v) is 7.45. The Morgan fingerprint density at radius 3 is 2.66 bits per heavy atom. The van der Waals surface area contributed by atoms with Crippen molar-refractivity contribution in [2.45, 2.75) is 31.9 Å². The fourth-order valence-electron chi connectivity index (χ4n) is 4.97. The second kappa shape index (κ2) is 10.0. The second-order valence-electron chi connectivity index (χ2n) is 9.08. The van der Waals surface area contributed by atoms with Crippen LogP contribution in [0.2, 0.25) is 10.0 Å². The van der Waals surface area contributed by atoms with Gasteiger partial charge < -0.3 is 15.4 Å². The highest BCUT2D eigenvalue weighted by Gasteiger charge is 2.31. The van der Waals surface area contributed by atoms with Gasteiger partial charge >= 0.3 is 0 Å². The van der Waals surface area contributed by atoms with Crippen LogP contribution in [0.25, 0.3) is 0 Å². The standard InChI is InChI=1S/C26H28Cl2N6O/c1-16(25-21(27)13-31-14-22(25)28)35-19-5-6-23(29)20(11-19)26(30)17-4-7-24(32-12-17)34-10-9-33-8-2-3-18(33)15-34/h4-7,11-14,16,18,30H,2-3,8-10,15,29H2,1H3/t16-,18-/m1/s1. The number of rotatable bonds is 6. The molecule has 3 aromatic rings. The number of nitrogen functional groups attached to an aromatic ring is 1. The lowest BCUT2D eigenvalue weighted by atomic mass is 10.0. The molecule has 2 aromatic heterocycles. The minimum atomic E-state index is -0.412. The maximum absolute atomic E-state index is 8.79. The van der Waals surface area contributed by atoms with Crippen molar-refractivity contribution in [3.63, 3.8) is 0 Å². The Bertz CT molecular complexity index is 1210. The van der Waals surface area contributed by atoms with Crippen LogP contribution in [0.3, 0.4) is 0 Å². The van der Waals surface area contributed by atoms with Gasteiger partial charge in [-0.25, -0.2) is 4.98 Å². The van der Waals surface area contributed by atoms with Crippen molar-refractivity contribution in [1.29, 1.82) is 5.41 Å². The highest BCUT2D eigenvalue weighted by Crippen LogP contribution is 2.33. The van der Waals surface area contributed by atoms with E-state index in [0.717, 1.165) is 25.5 Å². The van der Waals surface area contributed by atoms with Gasteiger partial charge in [-0.05, 0) is 56.6 Å². The van der Waals surface area contributed by atoms with E-state index >= 15 is 0 Å². The maximum Gasteiger partial charge on any atom is 0.128 e. The van der Waals surface area contributed by atoms with Crippen molar-refractivity contribution in [1.82, 2.24) is 14.9 Å². The summed E-state index contributed by atoms with van der Waals surface area (Å²) in [5.41, 5.74) is 8.96. The molecule has 2 fully saturated rings. The average Bonchev–Trinajstić information content (AvgIpc) is 3.33. The predicted octanol–water partition coefficient (Wildman–Crippen LogP) is 5.21. The Hall–Kier alpha value is -2.87. The van der Waals surface area contributed by atoms with E-state index in [4.69, 9.17) is 39.1 Å². The number of halogens is 2. The Kier molecular flexibility index (Phi) is 6.82. The summed E-state index contributed by atoms with van der Waals surface area (Å²) in [6.07, 6.45) is 6.96. The van der Waals surface area contributed by atoms with Gasteiger partial charge in [0.05, 0.1) is 15.8 Å². The molecule has 2 aliphatic rings. The Morgan fingerprint density at radius 1 is 1.11 bits per heavy atom. The Morgan fingerprint density at radius 2 is 1.91 bits per heavy atom. The summed E-state index contributed by atoms with van der Waals surface area (Å²) in [4.78, 5) is 13.6. The molecule has 2 aliphatic heterocycles. The van der Waals surface area contributed by atoms with Crippen LogP contribution in [0.5, 0.6) is 5.75 Å². The number of nitrogens with one attached hydrogen (secondary N) is 1. The van der Waals surface area contributed by atoms with Crippen molar-refractivity contribution in [3.05, 3.63) is 75.7 Å². The van der Waals surface area contributed by atoms with Gasteiger partial charge in [-0.2, -0.15) is 0 Å². The van der Waals surface area contributed by atoms with Gasteiger partial charge in [0.15, 0.2) is 0 Å². The minimum absolute atomic E-state index is 0.292. The van der Waals surface area contributed by atoms with Gasteiger partial charge in [-0.1, -0.05) is 23.2 Å². The molecule has 182 valence electrons. The summed E-state index contributed by atoms with van der Waals surface area (Å²) < 4.78 is 6.10. The molecule has 7 nitrogen and oxygen atoms in total. The fourth-order valence-corrected chi connectivity index (χ4v) is 5.65. The summed E-state index contributed by atoms with van der Waals surface area (Å²) in [6.45, 7) is 6.16. The molecule has 0 spiro atoms. The summed E-state index contributed by atoms with van der Waals surface area (Å²) >= 11 is 12.6. The number of hydrogen-bond acceptors (Lipinski definition) is 7. The molecule has 0 aliphatic carbocycles. The van der Waals surface area contributed by atoms with Crippen LogP contribution in [0.4, 0.5) is 11.5 Å². The number of nitrogens with two attached hydrogens (primary N) is 1. The molecule has 0 unspecified atom stereocenters. The minimum Gasteiger partial charge on any atom is -0.486 e. The van der Waals surface area contributed by atoms with E-state index < -0.39 is 6.10 Å². The van der Waals surface area contributed by atoms with Crippen molar-refractivity contribution in [2.75, 3.05) is 36.8 Å². The highest BCUT2D eigenvalue weighted by atomic mass is 35.5. The van der Waals surface area contributed by atoms with Crippen LogP contribution < -0.4 is 15.4 Å². The van der Waals surface area contributed by atoms with Crippen LogP contribution in [-0.4, -0.2) is 52.8 Å². The topological polar surface area (TPSA) is 91.4 Å². The molecule has 0 amide bonds. The molecule has 2 saturated heterocycles. The van der Waals surface area contributed by atoms with E-state index in [1.807, 2.05) is 19.1 Å². The third-order valence-electron chi connectivity index (χ3n) is 6.85. The molecule has 1 aromatic carbocycles. The zero-order valence-electron chi connectivity index (χ0n) is 19.5. The van der Waals surface area contributed by atoms with E-state index in [1.165, 1.54) is 31.8 Å². The smallest absolute Gasteiger partial charge is 0.128 e. The number of fused-ring (bicyclic) bond motifs is 1. The van der Waals surface area contributed by atoms with Gasteiger partial charge in [0.2, 0.25) is 0 Å². The quantitative estimate of drug-likeness (QED) is 0.349. The summed E-state index contributed by atoms with van der Waals surface area (Å²) in [7, 11) is 0. The first-order valence-corrected chi connectivity index (χ1v) is 12.6. The zero-order valence-corrected chi connectivity index (χ0v) is 21.1. The number of nitrogens with zero attached hydrogens (tertiary/aromatic N) is 4. The normalized spacial score (nSPS) is 18.8. The molecule has 0 saturated carbocycles. The van der Waals surface area contributed by atoms with Crippen LogP contribution >= 0.6 is 23.2 Å². The zero-order chi connectivity index (χ0) is 24.5. The van der Waals surface area contributed by atoms with Crippen LogP contribution in [0.15, 0.2) is 48.9 Å². The van der Waals surface area contributed by atoms with Crippen molar-refractivity contribution in [3.8, 4) is 5.75 Å². The lowest BCUT2D eigenvalue weighted by Gasteiger charge is -2.38. The Balaban J connectivity index is 1.31. The number of ether oxygens (including phenoxy) is 1. The molecule has 4 heterocycles. The molecular formula is C26H28Cl2N6O. The summed E-state index contributed by atoms with van der Waals surface area (Å²) in [5, 5.41) is 9.67. The number of piperazine rings is 1. The number of aromatic nitrogens is 2. The summed E-state index contributed by atoms with van der Waals surface area (Å²) in [5.74, 6) is 1.52. The molecule has 0 radical (unpaired) electrons. The molecule has 3 N–H and O–H groups in total. The van der Waals surface area contributed by atoms with Gasteiger partial charge in [0.25, 0.3) is 0 Å². The molecule has 2 atom stereocenters. The lowest BCUT2D eigenvalue weighted by molar-refractivity contribution is 0.227. The van der Waals surface area contributed by atoms with Crippen LogP contribution in [0, 0.1) is 5.41 Å². The predicted molar refractivity (Wildman–Crippen MR) is 141 cm³/mol. The molecule has 9 heteroatoms. The van der Waals surface area contributed by atoms with Gasteiger partial charge in [-0.15, -0.1) is 0 Å². The van der Waals surface area contributed by atoms with Crippen molar-refractivity contribution in [2.24, 2.45) is 0 Å².